The summed E-state index contributed by atoms with van der Waals surface area (Å²) in [6.45, 7) is 0. The molecule has 1 aromatic carbocycles. The van der Waals surface area contributed by atoms with Gasteiger partial charge in [0.05, 0.1) is 11.6 Å². The Balaban J connectivity index is 2.21. The molecule has 4 nitrogen and oxygen atoms in total. The molecule has 0 amide bonds. The summed E-state index contributed by atoms with van der Waals surface area (Å²) in [6.07, 6.45) is 1.48. The Morgan fingerprint density at radius 3 is 3.06 bits per heavy atom. The number of rotatable bonds is 4. The van der Waals surface area contributed by atoms with Gasteiger partial charge < -0.3 is 4.52 Å². The van der Waals surface area contributed by atoms with Crippen LogP contribution in [0, 0.1) is 11.3 Å². The fourth-order valence-corrected chi connectivity index (χ4v) is 1.55. The first-order chi connectivity index (χ1) is 8.33. The maximum absolute atomic E-state index is 8.80. The van der Waals surface area contributed by atoms with Crippen LogP contribution < -0.4 is 0 Å². The zero-order valence-corrected chi connectivity index (χ0v) is 9.81. The molecule has 1 aromatic heterocycles. The molecule has 0 spiro atoms. The average Bonchev–Trinajstić information content (AvgIpc) is 2.85. The van der Waals surface area contributed by atoms with E-state index in [0.717, 1.165) is 12.0 Å². The van der Waals surface area contributed by atoms with Gasteiger partial charge in [0.15, 0.2) is 0 Å². The molecule has 0 aliphatic rings. The molecule has 0 saturated carbocycles. The van der Waals surface area contributed by atoms with Crippen molar-refractivity contribution in [3.05, 3.63) is 35.7 Å². The lowest BCUT2D eigenvalue weighted by molar-refractivity contribution is 0.378. The van der Waals surface area contributed by atoms with Crippen LogP contribution >= 0.6 is 11.6 Å². The molecule has 0 fully saturated rings. The van der Waals surface area contributed by atoms with Gasteiger partial charge >= 0.3 is 0 Å². The number of benzene rings is 1. The van der Waals surface area contributed by atoms with Gasteiger partial charge in [0.1, 0.15) is 0 Å². The van der Waals surface area contributed by atoms with Gasteiger partial charge in [-0.3, -0.25) is 0 Å². The van der Waals surface area contributed by atoms with Crippen molar-refractivity contribution in [2.24, 2.45) is 0 Å². The molecule has 0 saturated heterocycles. The van der Waals surface area contributed by atoms with Crippen molar-refractivity contribution in [1.82, 2.24) is 10.1 Å². The topological polar surface area (TPSA) is 62.7 Å². The van der Waals surface area contributed by atoms with Crippen LogP contribution in [0.2, 0.25) is 0 Å². The third-order valence-electron chi connectivity index (χ3n) is 2.24. The Bertz CT molecular complexity index is 545. The Morgan fingerprint density at radius 2 is 2.29 bits per heavy atom. The first-order valence-corrected chi connectivity index (χ1v) is 5.76. The van der Waals surface area contributed by atoms with Crippen LogP contribution in [0.5, 0.6) is 0 Å². The Labute approximate surface area is 104 Å². The summed E-state index contributed by atoms with van der Waals surface area (Å²) in [7, 11) is 0. The number of nitriles is 1. The molecular weight excluding hydrogens is 238 g/mol. The molecule has 0 aliphatic heterocycles. The highest BCUT2D eigenvalue weighted by Crippen LogP contribution is 2.17. The van der Waals surface area contributed by atoms with Gasteiger partial charge in [-0.1, -0.05) is 17.3 Å². The monoisotopic (exact) mass is 247 g/mol. The standard InChI is InChI=1S/C12H10ClN3O/c13-6-2-5-11-15-12(16-17-11)10-4-1-3-9(7-10)8-14/h1,3-4,7H,2,5-6H2. The molecule has 0 atom stereocenters. The fourth-order valence-electron chi connectivity index (χ4n) is 1.42. The van der Waals surface area contributed by atoms with Gasteiger partial charge in [-0.25, -0.2) is 0 Å². The normalized spacial score (nSPS) is 10.1. The van der Waals surface area contributed by atoms with Gasteiger partial charge in [0.2, 0.25) is 11.7 Å². The minimum atomic E-state index is 0.506. The molecule has 86 valence electrons. The number of nitrogens with zero attached hydrogens (tertiary/aromatic N) is 3. The Kier molecular flexibility index (Phi) is 3.73. The highest BCUT2D eigenvalue weighted by molar-refractivity contribution is 6.17. The van der Waals surface area contributed by atoms with Crippen molar-refractivity contribution >= 4 is 11.6 Å². The molecule has 0 radical (unpaired) electrons. The van der Waals surface area contributed by atoms with Gasteiger partial charge in [0.25, 0.3) is 0 Å². The van der Waals surface area contributed by atoms with Crippen LogP contribution in [-0.4, -0.2) is 16.0 Å². The molecule has 1 heterocycles. The first kappa shape index (κ1) is 11.6. The quantitative estimate of drug-likeness (QED) is 0.780. The zero-order valence-electron chi connectivity index (χ0n) is 9.06. The molecule has 0 N–H and O–H groups in total. The average molecular weight is 248 g/mol. The van der Waals surface area contributed by atoms with Crippen molar-refractivity contribution in [3.63, 3.8) is 0 Å². The lowest BCUT2D eigenvalue weighted by Crippen LogP contribution is -1.87. The fraction of sp³-hybridized carbons (Fsp3) is 0.250. The molecule has 0 bridgehead atoms. The van der Waals surface area contributed by atoms with Crippen molar-refractivity contribution in [2.45, 2.75) is 12.8 Å². The number of alkyl halides is 1. The van der Waals surface area contributed by atoms with Crippen molar-refractivity contribution < 1.29 is 4.52 Å². The lowest BCUT2D eigenvalue weighted by Gasteiger charge is -1.93. The van der Waals surface area contributed by atoms with E-state index in [1.54, 1.807) is 18.2 Å². The number of hydrogen-bond donors (Lipinski definition) is 0. The Hall–Kier alpha value is -1.86. The SMILES string of the molecule is N#Cc1cccc(-c2noc(CCCCl)n2)c1. The van der Waals surface area contributed by atoms with E-state index in [1.165, 1.54) is 0 Å². The Morgan fingerprint density at radius 1 is 1.41 bits per heavy atom. The van der Waals surface area contributed by atoms with Crippen LogP contribution in [-0.2, 0) is 6.42 Å². The van der Waals surface area contributed by atoms with Crippen molar-refractivity contribution in [2.75, 3.05) is 5.88 Å². The third-order valence-corrected chi connectivity index (χ3v) is 2.51. The molecule has 0 unspecified atom stereocenters. The van der Waals surface area contributed by atoms with Crippen LogP contribution in [0.3, 0.4) is 0 Å². The van der Waals surface area contributed by atoms with E-state index < -0.39 is 0 Å². The van der Waals surface area contributed by atoms with E-state index >= 15 is 0 Å². The predicted octanol–water partition coefficient (Wildman–Crippen LogP) is 2.78. The summed E-state index contributed by atoms with van der Waals surface area (Å²) in [5, 5.41) is 12.7. The van der Waals surface area contributed by atoms with E-state index in [9.17, 15) is 0 Å². The molecular formula is C12H10ClN3O. The minimum absolute atomic E-state index is 0.506. The van der Waals surface area contributed by atoms with Crippen LogP contribution in [0.25, 0.3) is 11.4 Å². The van der Waals surface area contributed by atoms with E-state index in [4.69, 9.17) is 21.4 Å². The molecule has 2 aromatic rings. The van der Waals surface area contributed by atoms with Gasteiger partial charge in [-0.15, -0.1) is 11.6 Å². The van der Waals surface area contributed by atoms with E-state index in [1.807, 2.05) is 6.07 Å². The lowest BCUT2D eigenvalue weighted by atomic mass is 10.1. The maximum Gasteiger partial charge on any atom is 0.227 e. The largest absolute Gasteiger partial charge is 0.339 e. The second-order valence-electron chi connectivity index (χ2n) is 3.50. The summed E-state index contributed by atoms with van der Waals surface area (Å²) < 4.78 is 5.09. The summed E-state index contributed by atoms with van der Waals surface area (Å²) in [4.78, 5) is 4.25. The number of aryl methyl sites for hydroxylation is 1. The van der Waals surface area contributed by atoms with Gasteiger partial charge in [0, 0.05) is 17.9 Å². The van der Waals surface area contributed by atoms with Crippen molar-refractivity contribution in [1.29, 1.82) is 5.26 Å². The molecule has 5 heteroatoms. The second-order valence-corrected chi connectivity index (χ2v) is 3.87. The van der Waals surface area contributed by atoms with E-state index in [2.05, 4.69) is 16.2 Å². The zero-order chi connectivity index (χ0) is 12.1. The van der Waals surface area contributed by atoms with Crippen LogP contribution in [0.1, 0.15) is 17.9 Å². The summed E-state index contributed by atoms with van der Waals surface area (Å²) >= 11 is 5.59. The molecule has 17 heavy (non-hydrogen) atoms. The van der Waals surface area contributed by atoms with Crippen LogP contribution in [0.4, 0.5) is 0 Å². The predicted molar refractivity (Wildman–Crippen MR) is 63.5 cm³/mol. The van der Waals surface area contributed by atoms with E-state index in [0.29, 0.717) is 29.6 Å². The highest BCUT2D eigenvalue weighted by Gasteiger charge is 2.08. The smallest absolute Gasteiger partial charge is 0.227 e. The van der Waals surface area contributed by atoms with Crippen molar-refractivity contribution in [3.8, 4) is 17.5 Å². The summed E-state index contributed by atoms with van der Waals surface area (Å²) in [5.41, 5.74) is 1.36. The maximum atomic E-state index is 8.80. The molecule has 0 aliphatic carbocycles. The number of halogens is 1. The first-order valence-electron chi connectivity index (χ1n) is 5.22. The second kappa shape index (κ2) is 5.46. The van der Waals surface area contributed by atoms with E-state index in [-0.39, 0.29) is 0 Å². The van der Waals surface area contributed by atoms with Gasteiger partial charge in [-0.2, -0.15) is 10.2 Å². The number of hydrogen-bond acceptors (Lipinski definition) is 4. The third kappa shape index (κ3) is 2.83. The minimum Gasteiger partial charge on any atom is -0.339 e. The summed E-state index contributed by atoms with van der Waals surface area (Å²) in [5.74, 6) is 1.65. The summed E-state index contributed by atoms with van der Waals surface area (Å²) in [6, 6.07) is 9.18. The highest BCUT2D eigenvalue weighted by atomic mass is 35.5. The van der Waals surface area contributed by atoms with Crippen LogP contribution in [0.15, 0.2) is 28.8 Å². The molecule has 2 rings (SSSR count). The van der Waals surface area contributed by atoms with Gasteiger partial charge in [-0.05, 0) is 18.6 Å². The number of aromatic nitrogens is 2.